The van der Waals surface area contributed by atoms with Gasteiger partial charge in [-0.1, -0.05) is 11.6 Å². The molecule has 1 unspecified atom stereocenters. The molecule has 1 aliphatic rings. The highest BCUT2D eigenvalue weighted by Crippen LogP contribution is 2.20. The highest BCUT2D eigenvalue weighted by atomic mass is 35.5. The molecule has 0 bridgehead atoms. The number of nitrogens with one attached hydrogen (secondary N) is 1. The van der Waals surface area contributed by atoms with Crippen molar-refractivity contribution in [1.82, 2.24) is 14.9 Å². The number of rotatable bonds is 2. The van der Waals surface area contributed by atoms with E-state index in [1.165, 1.54) is 25.7 Å². The lowest BCUT2D eigenvalue weighted by molar-refractivity contribution is 0.260. The lowest BCUT2D eigenvalue weighted by Crippen LogP contribution is -2.40. The van der Waals surface area contributed by atoms with Crippen molar-refractivity contribution in [3.8, 4) is 0 Å². The minimum atomic E-state index is 0.461. The topological polar surface area (TPSA) is 41.1 Å². The summed E-state index contributed by atoms with van der Waals surface area (Å²) in [7, 11) is 2.15. The Kier molecular flexibility index (Phi) is 3.61. The van der Waals surface area contributed by atoms with Crippen LogP contribution in [0.3, 0.4) is 0 Å². The second kappa shape index (κ2) is 4.97. The van der Waals surface area contributed by atoms with E-state index in [2.05, 4.69) is 27.2 Å². The van der Waals surface area contributed by atoms with Crippen molar-refractivity contribution in [3.63, 3.8) is 0 Å². The molecular weight excluding hydrogens is 224 g/mol. The minimum absolute atomic E-state index is 0.461. The molecule has 1 aromatic heterocycles. The van der Waals surface area contributed by atoms with Crippen LogP contribution in [0.4, 0.5) is 5.82 Å². The van der Waals surface area contributed by atoms with E-state index >= 15 is 0 Å². The van der Waals surface area contributed by atoms with E-state index in [4.69, 9.17) is 11.6 Å². The summed E-state index contributed by atoms with van der Waals surface area (Å²) < 4.78 is 0. The lowest BCUT2D eigenvalue weighted by atomic mass is 10.1. The predicted octanol–water partition coefficient (Wildman–Crippen LogP) is 1.94. The molecule has 1 aromatic rings. The molecule has 2 rings (SSSR count). The SMILES string of the molecule is Cc1c(Cl)ncnc1NC1CCCN(C)C1. The Morgan fingerprint density at radius 3 is 3.06 bits per heavy atom. The predicted molar refractivity (Wildman–Crippen MR) is 65.9 cm³/mol. The number of likely N-dealkylation sites (N-methyl/N-ethyl adjacent to an activating group) is 1. The van der Waals surface area contributed by atoms with Crippen molar-refractivity contribution in [2.75, 3.05) is 25.5 Å². The van der Waals surface area contributed by atoms with Crippen molar-refractivity contribution in [1.29, 1.82) is 0 Å². The van der Waals surface area contributed by atoms with Crippen LogP contribution in [0.5, 0.6) is 0 Å². The van der Waals surface area contributed by atoms with E-state index in [0.717, 1.165) is 17.9 Å². The molecule has 0 spiro atoms. The number of anilines is 1. The third-order valence-corrected chi connectivity index (χ3v) is 3.37. The molecule has 1 aliphatic heterocycles. The van der Waals surface area contributed by atoms with Crippen LogP contribution in [0.2, 0.25) is 5.15 Å². The third kappa shape index (κ3) is 2.62. The molecule has 88 valence electrons. The van der Waals surface area contributed by atoms with Crippen LogP contribution in [0.1, 0.15) is 18.4 Å². The third-order valence-electron chi connectivity index (χ3n) is 2.99. The zero-order valence-corrected chi connectivity index (χ0v) is 10.5. The van der Waals surface area contributed by atoms with Crippen molar-refractivity contribution in [2.45, 2.75) is 25.8 Å². The van der Waals surface area contributed by atoms with Crippen molar-refractivity contribution in [2.24, 2.45) is 0 Å². The van der Waals surface area contributed by atoms with Crippen LogP contribution in [0.15, 0.2) is 6.33 Å². The summed E-state index contributed by atoms with van der Waals surface area (Å²) in [4.78, 5) is 10.5. The Balaban J connectivity index is 2.05. The Hall–Kier alpha value is -0.870. The van der Waals surface area contributed by atoms with E-state index in [9.17, 15) is 0 Å². The van der Waals surface area contributed by atoms with Gasteiger partial charge in [0.05, 0.1) is 0 Å². The van der Waals surface area contributed by atoms with Gasteiger partial charge < -0.3 is 10.2 Å². The molecular formula is C11H17ClN4. The van der Waals surface area contributed by atoms with Crippen molar-refractivity contribution >= 4 is 17.4 Å². The van der Waals surface area contributed by atoms with Gasteiger partial charge in [0.25, 0.3) is 0 Å². The first-order valence-electron chi connectivity index (χ1n) is 5.59. The Bertz CT molecular complexity index is 369. The Morgan fingerprint density at radius 1 is 1.50 bits per heavy atom. The number of piperidine rings is 1. The van der Waals surface area contributed by atoms with Crippen molar-refractivity contribution in [3.05, 3.63) is 17.0 Å². The van der Waals surface area contributed by atoms with Gasteiger partial charge in [0.15, 0.2) is 0 Å². The van der Waals surface area contributed by atoms with E-state index in [-0.39, 0.29) is 0 Å². The molecule has 1 N–H and O–H groups in total. The summed E-state index contributed by atoms with van der Waals surface area (Å²) in [5, 5.41) is 3.97. The smallest absolute Gasteiger partial charge is 0.137 e. The molecule has 16 heavy (non-hydrogen) atoms. The first-order chi connectivity index (χ1) is 7.66. The fourth-order valence-corrected chi connectivity index (χ4v) is 2.18. The number of hydrogen-bond acceptors (Lipinski definition) is 4. The van der Waals surface area contributed by atoms with E-state index in [1.807, 2.05) is 6.92 Å². The van der Waals surface area contributed by atoms with E-state index < -0.39 is 0 Å². The molecule has 0 aliphatic carbocycles. The van der Waals surface area contributed by atoms with Crippen LogP contribution in [0, 0.1) is 6.92 Å². The largest absolute Gasteiger partial charge is 0.366 e. The number of likely N-dealkylation sites (tertiary alicyclic amines) is 1. The summed E-state index contributed by atoms with van der Waals surface area (Å²) in [6.45, 7) is 4.18. The van der Waals surface area contributed by atoms with Crippen LogP contribution < -0.4 is 5.32 Å². The zero-order chi connectivity index (χ0) is 11.5. The highest BCUT2D eigenvalue weighted by Gasteiger charge is 2.18. The first kappa shape index (κ1) is 11.6. The molecule has 0 saturated carbocycles. The number of halogens is 1. The van der Waals surface area contributed by atoms with Gasteiger partial charge in [0.1, 0.15) is 17.3 Å². The van der Waals surface area contributed by atoms with Gasteiger partial charge in [0, 0.05) is 18.2 Å². The fraction of sp³-hybridized carbons (Fsp3) is 0.636. The summed E-state index contributed by atoms with van der Waals surface area (Å²) in [6.07, 6.45) is 3.92. The maximum atomic E-state index is 5.96. The van der Waals surface area contributed by atoms with Gasteiger partial charge >= 0.3 is 0 Å². The van der Waals surface area contributed by atoms with Crippen LogP contribution in [-0.4, -0.2) is 41.0 Å². The lowest BCUT2D eigenvalue weighted by Gasteiger charge is -2.30. The number of nitrogens with zero attached hydrogens (tertiary/aromatic N) is 3. The van der Waals surface area contributed by atoms with Gasteiger partial charge in [-0.25, -0.2) is 9.97 Å². The van der Waals surface area contributed by atoms with E-state index in [0.29, 0.717) is 11.2 Å². The average molecular weight is 241 g/mol. The van der Waals surface area contributed by atoms with Gasteiger partial charge in [-0.3, -0.25) is 0 Å². The van der Waals surface area contributed by atoms with Crippen LogP contribution in [-0.2, 0) is 0 Å². The molecule has 5 heteroatoms. The van der Waals surface area contributed by atoms with E-state index in [1.54, 1.807) is 0 Å². The maximum absolute atomic E-state index is 5.96. The quantitative estimate of drug-likeness (QED) is 0.803. The Labute approximate surface area is 101 Å². The summed E-state index contributed by atoms with van der Waals surface area (Å²) in [5.41, 5.74) is 0.928. The van der Waals surface area contributed by atoms with Gasteiger partial charge in [-0.2, -0.15) is 0 Å². The van der Waals surface area contributed by atoms with Crippen LogP contribution >= 0.6 is 11.6 Å². The fourth-order valence-electron chi connectivity index (χ4n) is 2.05. The standard InChI is InChI=1S/C11H17ClN4/c1-8-10(12)13-7-14-11(8)15-9-4-3-5-16(2)6-9/h7,9H,3-6H2,1-2H3,(H,13,14,15). The molecule has 1 saturated heterocycles. The molecule has 2 heterocycles. The monoisotopic (exact) mass is 240 g/mol. The molecule has 0 aromatic carbocycles. The highest BCUT2D eigenvalue weighted by molar-refractivity contribution is 6.30. The molecule has 0 amide bonds. The summed E-state index contributed by atoms with van der Waals surface area (Å²) in [6, 6.07) is 0.461. The van der Waals surface area contributed by atoms with Gasteiger partial charge in [0.2, 0.25) is 0 Å². The second-order valence-corrected chi connectivity index (χ2v) is 4.74. The first-order valence-corrected chi connectivity index (χ1v) is 5.97. The molecule has 1 atom stereocenters. The van der Waals surface area contributed by atoms with Crippen molar-refractivity contribution < 1.29 is 0 Å². The maximum Gasteiger partial charge on any atom is 0.137 e. The van der Waals surface area contributed by atoms with Gasteiger partial charge in [-0.05, 0) is 33.4 Å². The molecule has 0 radical (unpaired) electrons. The minimum Gasteiger partial charge on any atom is -0.366 e. The normalized spacial score (nSPS) is 22.1. The average Bonchev–Trinajstić information content (AvgIpc) is 2.25. The zero-order valence-electron chi connectivity index (χ0n) is 9.70. The van der Waals surface area contributed by atoms with Crippen LogP contribution in [0.25, 0.3) is 0 Å². The number of aromatic nitrogens is 2. The van der Waals surface area contributed by atoms with Gasteiger partial charge in [-0.15, -0.1) is 0 Å². The summed E-state index contributed by atoms with van der Waals surface area (Å²) >= 11 is 5.96. The molecule has 1 fully saturated rings. The summed E-state index contributed by atoms with van der Waals surface area (Å²) in [5.74, 6) is 0.861. The number of hydrogen-bond donors (Lipinski definition) is 1. The Morgan fingerprint density at radius 2 is 2.31 bits per heavy atom. The molecule has 4 nitrogen and oxygen atoms in total. The second-order valence-electron chi connectivity index (χ2n) is 4.38.